The maximum atomic E-state index is 12.3. The molecule has 0 unspecified atom stereocenters. The topological polar surface area (TPSA) is 97.6 Å². The van der Waals surface area contributed by atoms with E-state index in [1.165, 1.54) is 0 Å². The van der Waals surface area contributed by atoms with Crippen molar-refractivity contribution in [2.45, 2.75) is 0 Å². The zero-order chi connectivity index (χ0) is 16.1. The van der Waals surface area contributed by atoms with E-state index in [1.807, 2.05) is 30.3 Å². The van der Waals surface area contributed by atoms with Gasteiger partial charge < -0.3 is 9.40 Å². The molecule has 114 valence electrons. The summed E-state index contributed by atoms with van der Waals surface area (Å²) in [6, 6.07) is 12.9. The van der Waals surface area contributed by atoms with Crippen molar-refractivity contribution in [3.05, 3.63) is 59.0 Å². The Morgan fingerprint density at radius 3 is 2.88 bits per heavy atom. The molecule has 1 aromatic carbocycles. The SMILES string of the molecule is O=c1[nH]c2ncccc2cc1-c1nnc2c3ccccc3nc-2o1. The van der Waals surface area contributed by atoms with Crippen LogP contribution in [0.3, 0.4) is 0 Å². The molecular formula is C17H9N5O2. The van der Waals surface area contributed by atoms with E-state index < -0.39 is 0 Å². The molecule has 2 aromatic heterocycles. The lowest BCUT2D eigenvalue weighted by atomic mass is 10.2. The van der Waals surface area contributed by atoms with Gasteiger partial charge >= 0.3 is 0 Å². The lowest BCUT2D eigenvalue weighted by Gasteiger charge is -2.02. The van der Waals surface area contributed by atoms with Crippen molar-refractivity contribution in [3.63, 3.8) is 0 Å². The molecule has 5 rings (SSSR count). The Bertz CT molecular complexity index is 1240. The summed E-state index contributed by atoms with van der Waals surface area (Å²) < 4.78 is 5.74. The molecular weight excluding hydrogens is 306 g/mol. The van der Waals surface area contributed by atoms with Gasteiger partial charge in [-0.2, -0.15) is 0 Å². The van der Waals surface area contributed by atoms with Gasteiger partial charge in [-0.25, -0.2) is 9.97 Å². The minimum Gasteiger partial charge on any atom is -0.416 e. The second-order valence-electron chi connectivity index (χ2n) is 5.34. The predicted molar refractivity (Wildman–Crippen MR) is 87.6 cm³/mol. The maximum absolute atomic E-state index is 12.3. The highest BCUT2D eigenvalue weighted by atomic mass is 16.4. The van der Waals surface area contributed by atoms with Gasteiger partial charge in [-0.05, 0) is 24.3 Å². The number of rotatable bonds is 1. The van der Waals surface area contributed by atoms with Crippen LogP contribution in [0.2, 0.25) is 0 Å². The Morgan fingerprint density at radius 2 is 1.92 bits per heavy atom. The molecule has 2 aliphatic rings. The third-order valence-electron chi connectivity index (χ3n) is 3.86. The summed E-state index contributed by atoms with van der Waals surface area (Å²) in [7, 11) is 0. The molecule has 0 radical (unpaired) electrons. The van der Waals surface area contributed by atoms with E-state index in [0.717, 1.165) is 16.3 Å². The summed E-state index contributed by atoms with van der Waals surface area (Å²) in [6.45, 7) is 0. The first-order valence-corrected chi connectivity index (χ1v) is 7.30. The van der Waals surface area contributed by atoms with Gasteiger partial charge in [0.05, 0.1) is 5.52 Å². The van der Waals surface area contributed by atoms with Crippen molar-refractivity contribution >= 4 is 21.9 Å². The van der Waals surface area contributed by atoms with E-state index in [4.69, 9.17) is 4.42 Å². The van der Waals surface area contributed by atoms with E-state index in [9.17, 15) is 4.79 Å². The summed E-state index contributed by atoms with van der Waals surface area (Å²) >= 11 is 0. The van der Waals surface area contributed by atoms with Gasteiger partial charge in [-0.1, -0.05) is 18.2 Å². The van der Waals surface area contributed by atoms with Crippen LogP contribution in [-0.4, -0.2) is 25.1 Å². The molecule has 24 heavy (non-hydrogen) atoms. The maximum Gasteiger partial charge on any atom is 0.262 e. The molecule has 4 heterocycles. The number of pyridine rings is 2. The van der Waals surface area contributed by atoms with Gasteiger partial charge in [0.15, 0.2) is 5.69 Å². The van der Waals surface area contributed by atoms with Crippen LogP contribution in [0.25, 0.3) is 45.0 Å². The average Bonchev–Trinajstić information content (AvgIpc) is 2.99. The molecule has 1 N–H and O–H groups in total. The normalized spacial score (nSPS) is 11.5. The van der Waals surface area contributed by atoms with Crippen LogP contribution in [0.1, 0.15) is 0 Å². The Balaban J connectivity index is 1.77. The minimum atomic E-state index is -0.338. The van der Waals surface area contributed by atoms with Gasteiger partial charge in [0.1, 0.15) is 11.2 Å². The van der Waals surface area contributed by atoms with Crippen LogP contribution in [0.4, 0.5) is 0 Å². The lowest BCUT2D eigenvalue weighted by Crippen LogP contribution is -2.10. The smallest absolute Gasteiger partial charge is 0.262 e. The van der Waals surface area contributed by atoms with Crippen LogP contribution in [0.5, 0.6) is 0 Å². The molecule has 7 heteroatoms. The van der Waals surface area contributed by atoms with Crippen LogP contribution in [-0.2, 0) is 0 Å². The number of nitrogens with one attached hydrogen (secondary N) is 1. The molecule has 7 nitrogen and oxygen atoms in total. The molecule has 0 saturated heterocycles. The van der Waals surface area contributed by atoms with E-state index in [1.54, 1.807) is 18.3 Å². The summed E-state index contributed by atoms with van der Waals surface area (Å²) in [5, 5.41) is 9.91. The minimum absolute atomic E-state index is 0.123. The Morgan fingerprint density at radius 1 is 1.00 bits per heavy atom. The first-order chi connectivity index (χ1) is 11.8. The zero-order valence-electron chi connectivity index (χ0n) is 12.2. The standard InChI is InChI=1S/C17H9N5O2/c23-15-11(8-9-4-3-7-18-14(9)20-15)16-22-21-13-10-5-1-2-6-12(10)19-17(13)24-16/h1-8H,(H,18,20,23). The Labute approximate surface area is 134 Å². The van der Waals surface area contributed by atoms with Crippen LogP contribution in [0.15, 0.2) is 57.9 Å². The fourth-order valence-electron chi connectivity index (χ4n) is 2.73. The highest BCUT2D eigenvalue weighted by Crippen LogP contribution is 2.30. The molecule has 0 amide bonds. The molecule has 0 saturated carbocycles. The third-order valence-corrected chi connectivity index (χ3v) is 3.86. The number of hydrogen-bond acceptors (Lipinski definition) is 6. The van der Waals surface area contributed by atoms with Gasteiger partial charge in [-0.15, -0.1) is 10.2 Å². The molecule has 3 aromatic rings. The number of aromatic amines is 1. The number of H-pyrrole nitrogens is 1. The van der Waals surface area contributed by atoms with E-state index >= 15 is 0 Å². The third kappa shape index (κ3) is 1.81. The van der Waals surface area contributed by atoms with Gasteiger partial charge in [0.2, 0.25) is 0 Å². The van der Waals surface area contributed by atoms with Crippen molar-refractivity contribution in [2.75, 3.05) is 0 Å². The first kappa shape index (κ1) is 12.9. The first-order valence-electron chi connectivity index (χ1n) is 7.30. The van der Waals surface area contributed by atoms with E-state index in [-0.39, 0.29) is 17.0 Å². The molecule has 0 atom stereocenters. The molecule has 2 aliphatic heterocycles. The van der Waals surface area contributed by atoms with Crippen LogP contribution >= 0.6 is 0 Å². The fraction of sp³-hybridized carbons (Fsp3) is 0. The van der Waals surface area contributed by atoms with Crippen LogP contribution < -0.4 is 5.56 Å². The quantitative estimate of drug-likeness (QED) is 0.510. The summed E-state index contributed by atoms with van der Waals surface area (Å²) in [5.74, 6) is 0.476. The van der Waals surface area contributed by atoms with Gasteiger partial charge in [0.25, 0.3) is 17.3 Å². The number of fused-ring (bicyclic) bond motifs is 4. The van der Waals surface area contributed by atoms with Crippen molar-refractivity contribution < 1.29 is 4.42 Å². The Kier molecular flexibility index (Phi) is 2.52. The van der Waals surface area contributed by atoms with Crippen molar-refractivity contribution in [1.29, 1.82) is 0 Å². The van der Waals surface area contributed by atoms with E-state index in [0.29, 0.717) is 17.2 Å². The largest absolute Gasteiger partial charge is 0.416 e. The number of nitrogens with zero attached hydrogens (tertiary/aromatic N) is 4. The number of para-hydroxylation sites is 1. The van der Waals surface area contributed by atoms with Crippen LogP contribution in [0, 0.1) is 0 Å². The highest BCUT2D eigenvalue weighted by molar-refractivity contribution is 5.93. The van der Waals surface area contributed by atoms with Gasteiger partial charge in [0, 0.05) is 17.0 Å². The second kappa shape index (κ2) is 4.69. The average molecular weight is 315 g/mol. The summed E-state index contributed by atoms with van der Waals surface area (Å²) in [4.78, 5) is 23.5. The monoisotopic (exact) mass is 315 g/mol. The second-order valence-corrected chi connectivity index (χ2v) is 5.34. The molecule has 0 bridgehead atoms. The number of aromatic nitrogens is 5. The van der Waals surface area contributed by atoms with E-state index in [2.05, 4.69) is 25.1 Å². The van der Waals surface area contributed by atoms with Crippen molar-refractivity contribution in [1.82, 2.24) is 25.1 Å². The molecule has 0 aliphatic carbocycles. The summed E-state index contributed by atoms with van der Waals surface area (Å²) in [6.07, 6.45) is 1.62. The highest BCUT2D eigenvalue weighted by Gasteiger charge is 2.19. The number of benzene rings is 1. The predicted octanol–water partition coefficient (Wildman–Crippen LogP) is 2.63. The molecule has 0 fully saturated rings. The zero-order valence-corrected chi connectivity index (χ0v) is 12.2. The van der Waals surface area contributed by atoms with Crippen molar-refractivity contribution in [2.24, 2.45) is 0 Å². The van der Waals surface area contributed by atoms with Gasteiger partial charge in [-0.3, -0.25) is 4.79 Å². The Hall–Kier alpha value is -3.61. The fourth-order valence-corrected chi connectivity index (χ4v) is 2.73. The summed E-state index contributed by atoms with van der Waals surface area (Å²) in [5.41, 5.74) is 1.82. The molecule has 0 spiro atoms. The lowest BCUT2D eigenvalue weighted by molar-refractivity contribution is 0.530. The van der Waals surface area contributed by atoms with Crippen molar-refractivity contribution in [3.8, 4) is 23.0 Å². The number of hydrogen-bond donors (Lipinski definition) is 1.